The molecule has 2 N–H and O–H groups in total. The molecular weight excluding hydrogens is 220 g/mol. The number of primary amides is 1. The maximum absolute atomic E-state index is 12.8. The summed E-state index contributed by atoms with van der Waals surface area (Å²) in [6.45, 7) is 0. The highest BCUT2D eigenvalue weighted by Gasteiger charge is 2.34. The topological polar surface area (TPSA) is 65.2 Å². The Hall–Kier alpha value is -1.86. The number of pyridine rings is 1. The van der Waals surface area contributed by atoms with E-state index < -0.39 is 29.5 Å². The predicted octanol–water partition coefficient (Wildman–Crippen LogP) is 1.22. The molecule has 1 aromatic heterocycles. The molecule has 0 saturated heterocycles. The van der Waals surface area contributed by atoms with Gasteiger partial charge in [0.05, 0.1) is 5.56 Å². The molecule has 0 aliphatic carbocycles. The molecule has 0 aliphatic heterocycles. The second kappa shape index (κ2) is 3.71. The molecule has 0 spiro atoms. The fourth-order valence-electron chi connectivity index (χ4n) is 0.830. The Labute approximate surface area is 80.7 Å². The van der Waals surface area contributed by atoms with Gasteiger partial charge in [-0.05, 0) is 6.07 Å². The summed E-state index contributed by atoms with van der Waals surface area (Å²) in [4.78, 5) is 13.5. The Morgan fingerprint density at radius 1 is 1.47 bits per heavy atom. The van der Waals surface area contributed by atoms with E-state index in [1.807, 2.05) is 0 Å². The van der Waals surface area contributed by atoms with Crippen molar-refractivity contribution in [3.8, 4) is 5.75 Å². The van der Waals surface area contributed by atoms with E-state index in [0.29, 0.717) is 0 Å². The van der Waals surface area contributed by atoms with Gasteiger partial charge in [-0.15, -0.1) is 13.2 Å². The highest BCUT2D eigenvalue weighted by molar-refractivity contribution is 5.95. The second-order valence-electron chi connectivity index (χ2n) is 2.39. The lowest BCUT2D eigenvalue weighted by Gasteiger charge is -2.11. The zero-order chi connectivity index (χ0) is 11.6. The SMILES string of the molecule is NC(=O)c1ccnc(F)c1OC(F)(F)F. The Kier molecular flexibility index (Phi) is 2.78. The highest BCUT2D eigenvalue weighted by atomic mass is 19.4. The summed E-state index contributed by atoms with van der Waals surface area (Å²) >= 11 is 0. The van der Waals surface area contributed by atoms with Crippen LogP contribution in [-0.2, 0) is 0 Å². The first kappa shape index (κ1) is 11.2. The van der Waals surface area contributed by atoms with Gasteiger partial charge in [0.1, 0.15) is 0 Å². The number of halogens is 4. The fraction of sp³-hybridized carbons (Fsp3) is 0.143. The molecule has 8 heteroatoms. The lowest BCUT2D eigenvalue weighted by atomic mass is 10.2. The molecule has 82 valence electrons. The van der Waals surface area contributed by atoms with Crippen LogP contribution >= 0.6 is 0 Å². The number of rotatable bonds is 2. The van der Waals surface area contributed by atoms with E-state index in [2.05, 4.69) is 9.72 Å². The van der Waals surface area contributed by atoms with Crippen LogP contribution < -0.4 is 10.5 Å². The minimum absolute atomic E-state index is 0.722. The normalized spacial score (nSPS) is 11.2. The molecule has 0 unspecified atom stereocenters. The number of carbonyl (C=O) groups excluding carboxylic acids is 1. The number of nitrogens with two attached hydrogens (primary N) is 1. The number of hydrogen-bond donors (Lipinski definition) is 1. The number of carbonyl (C=O) groups is 1. The van der Waals surface area contributed by atoms with Gasteiger partial charge >= 0.3 is 6.36 Å². The van der Waals surface area contributed by atoms with E-state index in [1.165, 1.54) is 0 Å². The maximum Gasteiger partial charge on any atom is 0.573 e. The maximum atomic E-state index is 12.8. The number of amides is 1. The van der Waals surface area contributed by atoms with E-state index in [0.717, 1.165) is 12.3 Å². The summed E-state index contributed by atoms with van der Waals surface area (Å²) < 4.78 is 51.5. The van der Waals surface area contributed by atoms with Gasteiger partial charge in [-0.3, -0.25) is 4.79 Å². The summed E-state index contributed by atoms with van der Waals surface area (Å²) in [6.07, 6.45) is -4.31. The van der Waals surface area contributed by atoms with Crippen molar-refractivity contribution >= 4 is 5.91 Å². The quantitative estimate of drug-likeness (QED) is 0.606. The van der Waals surface area contributed by atoms with E-state index in [4.69, 9.17) is 5.73 Å². The minimum atomic E-state index is -5.12. The van der Waals surface area contributed by atoms with Crippen LogP contribution in [0.2, 0.25) is 0 Å². The van der Waals surface area contributed by atoms with E-state index in [9.17, 15) is 22.4 Å². The third-order valence-corrected chi connectivity index (χ3v) is 1.34. The average Bonchev–Trinajstić information content (AvgIpc) is 2.05. The van der Waals surface area contributed by atoms with Crippen LogP contribution in [0.15, 0.2) is 12.3 Å². The van der Waals surface area contributed by atoms with Gasteiger partial charge in [0.2, 0.25) is 0 Å². The molecule has 0 atom stereocenters. The van der Waals surface area contributed by atoms with Crippen molar-refractivity contribution in [2.75, 3.05) is 0 Å². The number of alkyl halides is 3. The van der Waals surface area contributed by atoms with Crippen LogP contribution in [0.3, 0.4) is 0 Å². The van der Waals surface area contributed by atoms with Crippen molar-refractivity contribution in [2.45, 2.75) is 6.36 Å². The molecule has 0 aliphatic rings. The standard InChI is InChI=1S/C7H4F4N2O2/c8-5-4(15-7(9,10)11)3(6(12)14)1-2-13-5/h1-2H,(H2,12,14). The molecule has 0 radical (unpaired) electrons. The number of aromatic nitrogens is 1. The highest BCUT2D eigenvalue weighted by Crippen LogP contribution is 2.27. The van der Waals surface area contributed by atoms with Crippen molar-refractivity contribution in [2.24, 2.45) is 5.73 Å². The molecule has 0 bridgehead atoms. The predicted molar refractivity (Wildman–Crippen MR) is 39.4 cm³/mol. The lowest BCUT2D eigenvalue weighted by Crippen LogP contribution is -2.22. The van der Waals surface area contributed by atoms with Crippen LogP contribution in [0, 0.1) is 5.95 Å². The largest absolute Gasteiger partial charge is 0.573 e. The van der Waals surface area contributed by atoms with Crippen molar-refractivity contribution < 1.29 is 27.1 Å². The molecule has 1 aromatic rings. The molecule has 15 heavy (non-hydrogen) atoms. The molecule has 4 nitrogen and oxygen atoms in total. The van der Waals surface area contributed by atoms with Crippen molar-refractivity contribution in [3.05, 3.63) is 23.8 Å². The molecule has 1 amide bonds. The first-order valence-corrected chi connectivity index (χ1v) is 3.51. The van der Waals surface area contributed by atoms with Crippen LogP contribution in [0.25, 0.3) is 0 Å². The van der Waals surface area contributed by atoms with Gasteiger partial charge in [0.25, 0.3) is 11.9 Å². The Bertz CT molecular complexity index is 391. The van der Waals surface area contributed by atoms with Crippen LogP contribution in [0.5, 0.6) is 5.75 Å². The first-order chi connectivity index (χ1) is 6.81. The van der Waals surface area contributed by atoms with Gasteiger partial charge in [-0.2, -0.15) is 4.39 Å². The zero-order valence-corrected chi connectivity index (χ0v) is 7.01. The summed E-state index contributed by atoms with van der Waals surface area (Å²) in [7, 11) is 0. The smallest absolute Gasteiger partial charge is 0.400 e. The zero-order valence-electron chi connectivity index (χ0n) is 7.01. The van der Waals surface area contributed by atoms with E-state index in [-0.39, 0.29) is 0 Å². The number of ether oxygens (including phenoxy) is 1. The Morgan fingerprint density at radius 2 is 2.07 bits per heavy atom. The summed E-state index contributed by atoms with van der Waals surface area (Å²) in [6, 6.07) is 0.826. The van der Waals surface area contributed by atoms with Crippen molar-refractivity contribution in [3.63, 3.8) is 0 Å². The van der Waals surface area contributed by atoms with Gasteiger partial charge in [-0.1, -0.05) is 0 Å². The summed E-state index contributed by atoms with van der Waals surface area (Å²) in [5.74, 6) is -4.11. The third kappa shape index (κ3) is 2.79. The molecular formula is C7H4F4N2O2. The Balaban J connectivity index is 3.19. The van der Waals surface area contributed by atoms with Crippen molar-refractivity contribution in [1.29, 1.82) is 0 Å². The molecule has 1 rings (SSSR count). The Morgan fingerprint density at radius 3 is 2.53 bits per heavy atom. The van der Waals surface area contributed by atoms with Gasteiger partial charge in [0, 0.05) is 6.20 Å². The lowest BCUT2D eigenvalue weighted by molar-refractivity contribution is -0.275. The molecule has 1 heterocycles. The summed E-state index contributed by atoms with van der Waals surface area (Å²) in [5.41, 5.74) is 4.00. The van der Waals surface area contributed by atoms with Gasteiger partial charge in [0.15, 0.2) is 5.75 Å². The van der Waals surface area contributed by atoms with Crippen LogP contribution in [0.1, 0.15) is 10.4 Å². The third-order valence-electron chi connectivity index (χ3n) is 1.34. The van der Waals surface area contributed by atoms with Crippen LogP contribution in [0.4, 0.5) is 17.6 Å². The van der Waals surface area contributed by atoms with Gasteiger partial charge in [-0.25, -0.2) is 4.98 Å². The molecule has 0 aromatic carbocycles. The summed E-state index contributed by atoms with van der Waals surface area (Å²) in [5, 5.41) is 0. The average molecular weight is 224 g/mol. The van der Waals surface area contributed by atoms with Gasteiger partial charge < -0.3 is 10.5 Å². The number of nitrogens with zero attached hydrogens (tertiary/aromatic N) is 1. The first-order valence-electron chi connectivity index (χ1n) is 3.51. The monoisotopic (exact) mass is 224 g/mol. The number of hydrogen-bond acceptors (Lipinski definition) is 3. The van der Waals surface area contributed by atoms with E-state index >= 15 is 0 Å². The fourth-order valence-corrected chi connectivity index (χ4v) is 0.830. The molecule has 0 fully saturated rings. The van der Waals surface area contributed by atoms with Crippen molar-refractivity contribution in [1.82, 2.24) is 4.98 Å². The second-order valence-corrected chi connectivity index (χ2v) is 2.39. The minimum Gasteiger partial charge on any atom is -0.400 e. The van der Waals surface area contributed by atoms with Crippen LogP contribution in [-0.4, -0.2) is 17.3 Å². The molecule has 0 saturated carbocycles. The van der Waals surface area contributed by atoms with E-state index in [1.54, 1.807) is 0 Å².